The Labute approximate surface area is 248 Å². The van der Waals surface area contributed by atoms with Gasteiger partial charge in [-0.3, -0.25) is 19.3 Å². The highest BCUT2D eigenvalue weighted by Crippen LogP contribution is 2.36. The average molecular weight is 599 g/mol. The molecule has 13 heteroatoms. The normalized spacial score (nSPS) is 20.2. The lowest BCUT2D eigenvalue weighted by molar-refractivity contribution is -0.145. The van der Waals surface area contributed by atoms with Crippen LogP contribution in [0.1, 0.15) is 51.7 Å². The van der Waals surface area contributed by atoms with E-state index in [0.29, 0.717) is 48.0 Å². The number of benzene rings is 1. The van der Waals surface area contributed by atoms with Crippen molar-refractivity contribution in [2.24, 2.45) is 5.41 Å². The molecule has 12 nitrogen and oxygen atoms in total. The van der Waals surface area contributed by atoms with E-state index in [1.54, 1.807) is 44.2 Å². The largest absolute Gasteiger partial charge is 0.474 e. The first-order valence-corrected chi connectivity index (χ1v) is 14.4. The summed E-state index contributed by atoms with van der Waals surface area (Å²) >= 11 is 0.761. The summed E-state index contributed by atoms with van der Waals surface area (Å²) in [6.07, 6.45) is 2.87. The molecule has 0 radical (unpaired) electrons. The Bertz CT molecular complexity index is 1390. The van der Waals surface area contributed by atoms with E-state index < -0.39 is 29.8 Å². The van der Waals surface area contributed by atoms with Crippen molar-refractivity contribution in [1.29, 1.82) is 0 Å². The lowest BCUT2D eigenvalue weighted by Gasteiger charge is -2.44. The van der Waals surface area contributed by atoms with Gasteiger partial charge in [0.1, 0.15) is 24.7 Å². The molecule has 2 fully saturated rings. The molecule has 3 amide bonds. The van der Waals surface area contributed by atoms with E-state index in [9.17, 15) is 24.3 Å². The molecule has 2 aliphatic rings. The van der Waals surface area contributed by atoms with E-state index >= 15 is 0 Å². The summed E-state index contributed by atoms with van der Waals surface area (Å²) in [6, 6.07) is 6.66. The third-order valence-electron chi connectivity index (χ3n) is 6.93. The molecule has 42 heavy (non-hydrogen) atoms. The second-order valence-corrected chi connectivity index (χ2v) is 12.0. The minimum atomic E-state index is -0.928. The van der Waals surface area contributed by atoms with E-state index in [1.807, 2.05) is 20.8 Å². The second kappa shape index (κ2) is 12.8. The zero-order valence-electron chi connectivity index (χ0n) is 24.2. The highest BCUT2D eigenvalue weighted by Gasteiger charge is 2.40. The van der Waals surface area contributed by atoms with Crippen LogP contribution in [-0.2, 0) is 14.3 Å². The summed E-state index contributed by atoms with van der Waals surface area (Å²) < 4.78 is 17.0. The number of carbonyl (C=O) groups excluding carboxylic acids is 3. The quantitative estimate of drug-likeness (QED) is 0.319. The van der Waals surface area contributed by atoms with Crippen LogP contribution in [-0.4, -0.2) is 79.9 Å². The molecule has 1 N–H and O–H groups in total. The minimum absolute atomic E-state index is 0.161. The van der Waals surface area contributed by atoms with Crippen molar-refractivity contribution in [2.75, 3.05) is 19.7 Å². The van der Waals surface area contributed by atoms with Crippen LogP contribution in [0.15, 0.2) is 35.5 Å². The predicted octanol–water partition coefficient (Wildman–Crippen LogP) is 5.11. The van der Waals surface area contributed by atoms with Gasteiger partial charge in [-0.25, -0.2) is 14.8 Å². The number of nitrogens with zero attached hydrogens (tertiary/aromatic N) is 4. The number of rotatable bonds is 8. The summed E-state index contributed by atoms with van der Waals surface area (Å²) in [7, 11) is 0. The fourth-order valence-electron chi connectivity index (χ4n) is 4.76. The Morgan fingerprint density at radius 1 is 1.14 bits per heavy atom. The topological polar surface area (TPSA) is 148 Å². The number of esters is 1. The van der Waals surface area contributed by atoms with Crippen molar-refractivity contribution in [1.82, 2.24) is 19.8 Å². The van der Waals surface area contributed by atoms with Gasteiger partial charge in [0, 0.05) is 25.4 Å². The van der Waals surface area contributed by atoms with Crippen LogP contribution in [0.2, 0.25) is 0 Å². The monoisotopic (exact) mass is 598 g/mol. The summed E-state index contributed by atoms with van der Waals surface area (Å²) in [6.45, 7) is 9.60. The Morgan fingerprint density at radius 3 is 2.48 bits per heavy atom. The Morgan fingerprint density at radius 2 is 1.83 bits per heavy atom. The first-order chi connectivity index (χ1) is 19.9. The van der Waals surface area contributed by atoms with Gasteiger partial charge in [-0.05, 0) is 54.8 Å². The van der Waals surface area contributed by atoms with Crippen LogP contribution in [0.25, 0.3) is 6.08 Å². The molecular weight excluding hydrogens is 564 g/mol. The molecular formula is C29H34N4O8S. The molecule has 1 aromatic heterocycles. The SMILES string of the molecule is CCOC(=O)CN1C(=O)SC(=Cc2ccc(Oc3ncnc(OC4CCN(C(=O)O)C(C(C)(C)C)C4)c3C)cc2)C1=O. The van der Waals surface area contributed by atoms with Crippen LogP contribution in [0, 0.1) is 12.3 Å². The van der Waals surface area contributed by atoms with Crippen molar-refractivity contribution >= 4 is 41.0 Å². The molecule has 0 saturated carbocycles. The molecule has 2 aliphatic heterocycles. The number of amides is 3. The van der Waals surface area contributed by atoms with Crippen LogP contribution in [0.4, 0.5) is 9.59 Å². The van der Waals surface area contributed by atoms with Crippen LogP contribution < -0.4 is 9.47 Å². The smallest absolute Gasteiger partial charge is 0.407 e. The van der Waals surface area contributed by atoms with Crippen molar-refractivity contribution in [2.45, 2.75) is 59.6 Å². The number of likely N-dealkylation sites (tertiary alicyclic amines) is 1. The lowest BCUT2D eigenvalue weighted by Crippen LogP contribution is -2.53. The standard InChI is InChI=1S/C29H34N4O8S/c1-6-39-23(34)15-33-26(35)21(42-28(33)38)13-18-7-9-19(10-8-18)40-24-17(2)25(31-16-30-24)41-20-11-12-32(27(36)37)22(14-20)29(3,4)5/h7-10,13,16,20,22H,6,11-12,14-15H2,1-5H3,(H,36,37). The van der Waals surface area contributed by atoms with Gasteiger partial charge in [-0.2, -0.15) is 0 Å². The molecule has 2 saturated heterocycles. The number of hydrogen-bond acceptors (Lipinski definition) is 10. The van der Waals surface area contributed by atoms with Crippen molar-refractivity contribution in [3.05, 3.63) is 46.6 Å². The zero-order chi connectivity index (χ0) is 30.6. The molecule has 3 heterocycles. The number of carbonyl (C=O) groups is 4. The highest BCUT2D eigenvalue weighted by molar-refractivity contribution is 8.18. The molecule has 4 rings (SSSR count). The fourth-order valence-corrected chi connectivity index (χ4v) is 5.59. The van der Waals surface area contributed by atoms with E-state index in [-0.39, 0.29) is 29.1 Å². The molecule has 0 spiro atoms. The van der Waals surface area contributed by atoms with Gasteiger partial charge in [-0.15, -0.1) is 0 Å². The highest BCUT2D eigenvalue weighted by atomic mass is 32.2. The number of ether oxygens (including phenoxy) is 3. The molecule has 0 aliphatic carbocycles. The van der Waals surface area contributed by atoms with E-state index in [1.165, 1.54) is 11.2 Å². The number of thioether (sulfide) groups is 1. The first kappa shape index (κ1) is 30.8. The third-order valence-corrected chi connectivity index (χ3v) is 7.84. The van der Waals surface area contributed by atoms with Gasteiger partial charge in [0.25, 0.3) is 11.1 Å². The predicted molar refractivity (Wildman–Crippen MR) is 154 cm³/mol. The third kappa shape index (κ3) is 7.19. The summed E-state index contributed by atoms with van der Waals surface area (Å²) in [5.74, 6) is -0.0311. The van der Waals surface area contributed by atoms with Crippen LogP contribution in [0.5, 0.6) is 17.5 Å². The summed E-state index contributed by atoms with van der Waals surface area (Å²) in [4.78, 5) is 59.4. The zero-order valence-corrected chi connectivity index (χ0v) is 25.0. The molecule has 2 aromatic rings. The van der Waals surface area contributed by atoms with Crippen LogP contribution >= 0.6 is 11.8 Å². The first-order valence-electron chi connectivity index (χ1n) is 13.5. The van der Waals surface area contributed by atoms with Gasteiger partial charge < -0.3 is 24.2 Å². The summed E-state index contributed by atoms with van der Waals surface area (Å²) in [5.41, 5.74) is 1.01. The van der Waals surface area contributed by atoms with Crippen molar-refractivity contribution in [3.8, 4) is 17.5 Å². The molecule has 2 unspecified atom stereocenters. The van der Waals surface area contributed by atoms with Gasteiger partial charge in [0.2, 0.25) is 11.8 Å². The molecule has 2 atom stereocenters. The maximum Gasteiger partial charge on any atom is 0.407 e. The Hall–Kier alpha value is -4.13. The molecule has 0 bridgehead atoms. The van der Waals surface area contributed by atoms with Gasteiger partial charge in [0.15, 0.2) is 0 Å². The van der Waals surface area contributed by atoms with Crippen molar-refractivity contribution < 1.29 is 38.5 Å². The Kier molecular flexibility index (Phi) is 9.40. The molecule has 1 aromatic carbocycles. The lowest BCUT2D eigenvalue weighted by atomic mass is 9.80. The number of imide groups is 1. The van der Waals surface area contributed by atoms with Gasteiger partial charge >= 0.3 is 12.1 Å². The maximum atomic E-state index is 12.6. The summed E-state index contributed by atoms with van der Waals surface area (Å²) in [5, 5.41) is 9.10. The van der Waals surface area contributed by atoms with E-state index in [4.69, 9.17) is 14.2 Å². The Balaban J connectivity index is 1.41. The van der Waals surface area contributed by atoms with E-state index in [0.717, 1.165) is 16.7 Å². The fraction of sp³-hybridized carbons (Fsp3) is 0.448. The van der Waals surface area contributed by atoms with E-state index in [2.05, 4.69) is 9.97 Å². The number of hydrogen-bond donors (Lipinski definition) is 1. The number of carboxylic acid groups (broad SMARTS) is 1. The van der Waals surface area contributed by atoms with Gasteiger partial charge in [-0.1, -0.05) is 32.9 Å². The average Bonchev–Trinajstić information content (AvgIpc) is 3.18. The van der Waals surface area contributed by atoms with Crippen LogP contribution in [0.3, 0.4) is 0 Å². The number of aromatic nitrogens is 2. The van der Waals surface area contributed by atoms with Gasteiger partial charge in [0.05, 0.1) is 17.1 Å². The second-order valence-electron chi connectivity index (χ2n) is 11.0. The number of piperidine rings is 1. The minimum Gasteiger partial charge on any atom is -0.474 e. The maximum absolute atomic E-state index is 12.6. The van der Waals surface area contributed by atoms with Crippen molar-refractivity contribution in [3.63, 3.8) is 0 Å². The molecule has 224 valence electrons.